The second-order valence-corrected chi connectivity index (χ2v) is 6.96. The highest BCUT2D eigenvalue weighted by atomic mass is 16.4. The maximum Gasteiger partial charge on any atom is 0.417 e. The molecule has 1 saturated carbocycles. The van der Waals surface area contributed by atoms with Gasteiger partial charge in [0.25, 0.3) is 5.91 Å². The Balaban J connectivity index is 1.58. The summed E-state index contributed by atoms with van der Waals surface area (Å²) in [5.74, 6) is -0.335. The number of aromatic nitrogens is 4. The van der Waals surface area contributed by atoms with E-state index in [9.17, 15) is 9.59 Å². The van der Waals surface area contributed by atoms with E-state index in [4.69, 9.17) is 9.40 Å². The largest absolute Gasteiger partial charge is 0.417 e. The molecule has 1 aromatic carbocycles. The Hall–Kier alpha value is -3.42. The Kier molecular flexibility index (Phi) is 3.24. The minimum atomic E-state index is -0.524. The molecule has 0 saturated heterocycles. The Morgan fingerprint density at radius 1 is 1.33 bits per heavy atom. The van der Waals surface area contributed by atoms with Crippen molar-refractivity contribution in [3.8, 4) is 0 Å². The predicted octanol–water partition coefficient (Wildman–Crippen LogP) is 2.84. The summed E-state index contributed by atoms with van der Waals surface area (Å²) in [4.78, 5) is 31.7. The lowest BCUT2D eigenvalue weighted by Gasteiger charge is -2.09. The standard InChI is InChI=1S/C19H17N5O3/c1-9-16-12(8-13(10-3-4-10)21-17(16)24(2)23-9)18(25)20-11-5-6-15-14(7-11)22-19(26)27-15/h5-8,10H,3-4H2,1-2H3,(H,20,25)(H,22,26). The van der Waals surface area contributed by atoms with Gasteiger partial charge in [-0.05, 0) is 44.0 Å². The molecule has 5 rings (SSSR count). The molecule has 0 atom stereocenters. The molecular weight excluding hydrogens is 346 g/mol. The zero-order valence-corrected chi connectivity index (χ0v) is 14.9. The molecule has 4 aromatic rings. The number of aryl methyl sites for hydroxylation is 2. The average Bonchev–Trinajstić information content (AvgIpc) is 3.36. The lowest BCUT2D eigenvalue weighted by Crippen LogP contribution is -2.13. The first-order valence-corrected chi connectivity index (χ1v) is 8.78. The first-order valence-electron chi connectivity index (χ1n) is 8.78. The molecule has 136 valence electrons. The highest BCUT2D eigenvalue weighted by molar-refractivity contribution is 6.13. The van der Waals surface area contributed by atoms with E-state index < -0.39 is 5.76 Å². The van der Waals surface area contributed by atoms with Crippen LogP contribution in [-0.2, 0) is 7.05 Å². The zero-order valence-electron chi connectivity index (χ0n) is 14.9. The van der Waals surface area contributed by atoms with Crippen LogP contribution in [0.3, 0.4) is 0 Å². The van der Waals surface area contributed by atoms with Crippen LogP contribution in [0.25, 0.3) is 22.1 Å². The number of rotatable bonds is 3. The second-order valence-electron chi connectivity index (χ2n) is 6.96. The van der Waals surface area contributed by atoms with Crippen LogP contribution in [0, 0.1) is 6.92 Å². The summed E-state index contributed by atoms with van der Waals surface area (Å²) in [6.07, 6.45) is 2.20. The number of fused-ring (bicyclic) bond motifs is 2. The van der Waals surface area contributed by atoms with Crippen molar-refractivity contribution < 1.29 is 9.21 Å². The molecule has 1 aliphatic carbocycles. The topological polar surface area (TPSA) is 106 Å². The van der Waals surface area contributed by atoms with Crippen molar-refractivity contribution >= 4 is 33.7 Å². The van der Waals surface area contributed by atoms with Gasteiger partial charge in [0.2, 0.25) is 0 Å². The Morgan fingerprint density at radius 2 is 2.15 bits per heavy atom. The summed E-state index contributed by atoms with van der Waals surface area (Å²) >= 11 is 0. The Bertz CT molecular complexity index is 1280. The third-order valence-corrected chi connectivity index (χ3v) is 4.91. The first-order chi connectivity index (χ1) is 13.0. The summed E-state index contributed by atoms with van der Waals surface area (Å²) in [7, 11) is 1.84. The van der Waals surface area contributed by atoms with Gasteiger partial charge in [0.15, 0.2) is 11.2 Å². The van der Waals surface area contributed by atoms with Gasteiger partial charge in [0.05, 0.1) is 22.2 Å². The molecule has 8 nitrogen and oxygen atoms in total. The van der Waals surface area contributed by atoms with Gasteiger partial charge in [-0.1, -0.05) is 0 Å². The molecule has 0 aliphatic heterocycles. The predicted molar refractivity (Wildman–Crippen MR) is 100 cm³/mol. The number of anilines is 1. The molecule has 8 heteroatoms. The Morgan fingerprint density at radius 3 is 2.93 bits per heavy atom. The van der Waals surface area contributed by atoms with Crippen molar-refractivity contribution in [2.75, 3.05) is 5.32 Å². The summed E-state index contributed by atoms with van der Waals surface area (Å²) < 4.78 is 6.71. The molecule has 0 radical (unpaired) electrons. The van der Waals surface area contributed by atoms with Gasteiger partial charge in [-0.25, -0.2) is 9.78 Å². The quantitative estimate of drug-likeness (QED) is 0.582. The maximum absolute atomic E-state index is 13.1. The fraction of sp³-hybridized carbons (Fsp3) is 0.263. The van der Waals surface area contributed by atoms with Crippen molar-refractivity contribution in [3.63, 3.8) is 0 Å². The van der Waals surface area contributed by atoms with Crippen LogP contribution < -0.4 is 11.1 Å². The van der Waals surface area contributed by atoms with Gasteiger partial charge in [0, 0.05) is 24.3 Å². The van der Waals surface area contributed by atoms with E-state index in [-0.39, 0.29) is 5.91 Å². The van der Waals surface area contributed by atoms with Crippen molar-refractivity contribution in [1.29, 1.82) is 0 Å². The van der Waals surface area contributed by atoms with Crippen molar-refractivity contribution in [1.82, 2.24) is 19.7 Å². The van der Waals surface area contributed by atoms with Gasteiger partial charge >= 0.3 is 5.76 Å². The maximum atomic E-state index is 13.1. The van der Waals surface area contributed by atoms with E-state index in [2.05, 4.69) is 15.4 Å². The molecule has 2 N–H and O–H groups in total. The lowest BCUT2D eigenvalue weighted by atomic mass is 10.1. The van der Waals surface area contributed by atoms with Gasteiger partial charge in [-0.15, -0.1) is 0 Å². The van der Waals surface area contributed by atoms with Crippen molar-refractivity contribution in [2.24, 2.45) is 7.05 Å². The number of H-pyrrole nitrogens is 1. The molecule has 1 amide bonds. The van der Waals surface area contributed by atoms with Crippen LogP contribution in [0.2, 0.25) is 0 Å². The van der Waals surface area contributed by atoms with Gasteiger partial charge < -0.3 is 9.73 Å². The highest BCUT2D eigenvalue weighted by Gasteiger charge is 2.28. The van der Waals surface area contributed by atoms with E-state index in [1.165, 1.54) is 0 Å². The number of nitrogens with one attached hydrogen (secondary N) is 2. The third kappa shape index (κ3) is 2.61. The first kappa shape index (κ1) is 15.8. The van der Waals surface area contributed by atoms with Crippen molar-refractivity contribution in [2.45, 2.75) is 25.7 Å². The van der Waals surface area contributed by atoms with E-state index in [0.717, 1.165) is 35.3 Å². The third-order valence-electron chi connectivity index (χ3n) is 4.91. The average molecular weight is 363 g/mol. The van der Waals surface area contributed by atoms with Crippen LogP contribution in [0.15, 0.2) is 33.5 Å². The highest BCUT2D eigenvalue weighted by Crippen LogP contribution is 2.40. The zero-order chi connectivity index (χ0) is 18.7. The molecule has 0 unspecified atom stereocenters. The van der Waals surface area contributed by atoms with E-state index in [0.29, 0.717) is 28.3 Å². The molecule has 3 aromatic heterocycles. The summed E-state index contributed by atoms with van der Waals surface area (Å²) in [6.45, 7) is 1.87. The number of amides is 1. The van der Waals surface area contributed by atoms with E-state index in [1.54, 1.807) is 22.9 Å². The summed E-state index contributed by atoms with van der Waals surface area (Å²) in [5.41, 5.74) is 4.54. The number of carbonyl (C=O) groups excluding carboxylic acids is 1. The number of pyridine rings is 1. The molecule has 1 fully saturated rings. The molecule has 3 heterocycles. The fourth-order valence-corrected chi connectivity index (χ4v) is 3.46. The number of nitrogens with zero attached hydrogens (tertiary/aromatic N) is 3. The summed E-state index contributed by atoms with van der Waals surface area (Å²) in [6, 6.07) is 6.90. The van der Waals surface area contributed by atoms with Crippen molar-refractivity contribution in [3.05, 3.63) is 51.8 Å². The summed E-state index contributed by atoms with van der Waals surface area (Å²) in [5, 5.41) is 8.10. The van der Waals surface area contributed by atoms with Crippen LogP contribution in [0.4, 0.5) is 5.69 Å². The molecule has 27 heavy (non-hydrogen) atoms. The molecular formula is C19H17N5O3. The smallest absolute Gasteiger partial charge is 0.408 e. The number of hydrogen-bond donors (Lipinski definition) is 2. The fourth-order valence-electron chi connectivity index (χ4n) is 3.46. The van der Waals surface area contributed by atoms with Crippen LogP contribution in [-0.4, -0.2) is 25.7 Å². The second kappa shape index (κ2) is 5.54. The number of benzene rings is 1. The van der Waals surface area contributed by atoms with Gasteiger partial charge in [0.1, 0.15) is 0 Å². The van der Waals surface area contributed by atoms with Crippen LogP contribution >= 0.6 is 0 Å². The minimum Gasteiger partial charge on any atom is -0.408 e. The normalized spacial score (nSPS) is 14.1. The number of aromatic amines is 1. The SMILES string of the molecule is Cc1nn(C)c2nc(C3CC3)cc(C(=O)Nc3ccc4oc(=O)[nH]c4c3)c12. The monoisotopic (exact) mass is 363 g/mol. The van der Waals surface area contributed by atoms with E-state index >= 15 is 0 Å². The molecule has 1 aliphatic rings. The lowest BCUT2D eigenvalue weighted by molar-refractivity contribution is 0.102. The van der Waals surface area contributed by atoms with Crippen LogP contribution in [0.5, 0.6) is 0 Å². The molecule has 0 bridgehead atoms. The van der Waals surface area contributed by atoms with Gasteiger partial charge in [-0.2, -0.15) is 5.10 Å². The minimum absolute atomic E-state index is 0.231. The van der Waals surface area contributed by atoms with Crippen LogP contribution in [0.1, 0.15) is 40.5 Å². The number of carbonyl (C=O) groups is 1. The number of hydrogen-bond acceptors (Lipinski definition) is 5. The number of oxazole rings is 1. The van der Waals surface area contributed by atoms with Gasteiger partial charge in [-0.3, -0.25) is 14.5 Å². The molecule has 0 spiro atoms. The Labute approximate surface area is 153 Å². The van der Waals surface area contributed by atoms with E-state index in [1.807, 2.05) is 20.0 Å².